The molecule has 0 saturated carbocycles. The summed E-state index contributed by atoms with van der Waals surface area (Å²) < 4.78 is 24.0. The second-order valence-electron chi connectivity index (χ2n) is 5.77. The first kappa shape index (κ1) is 15.6. The van der Waals surface area contributed by atoms with Crippen molar-refractivity contribution in [2.45, 2.75) is 19.4 Å². The molecule has 0 N–H and O–H groups in total. The molecule has 23 heavy (non-hydrogen) atoms. The van der Waals surface area contributed by atoms with Gasteiger partial charge in [-0.15, -0.1) is 0 Å². The van der Waals surface area contributed by atoms with Crippen molar-refractivity contribution in [1.29, 1.82) is 0 Å². The van der Waals surface area contributed by atoms with Gasteiger partial charge in [0.25, 0.3) is 5.91 Å². The van der Waals surface area contributed by atoms with Gasteiger partial charge in [0, 0.05) is 44.8 Å². The van der Waals surface area contributed by atoms with Crippen LogP contribution in [0.1, 0.15) is 21.8 Å². The number of nitrogens with zero attached hydrogens (tertiary/aromatic N) is 3. The molecule has 3 heterocycles. The normalized spacial score (nSPS) is 20.9. The molecule has 0 radical (unpaired) electrons. The zero-order chi connectivity index (χ0) is 16.4. The van der Waals surface area contributed by atoms with Crippen LogP contribution >= 0.6 is 0 Å². The van der Waals surface area contributed by atoms with E-state index in [2.05, 4.69) is 10.1 Å². The smallest absolute Gasteiger partial charge is 0.255 e. The maximum atomic E-state index is 13.2. The van der Waals surface area contributed by atoms with E-state index in [0.29, 0.717) is 19.5 Å². The largest absolute Gasteiger partial charge is 0.379 e. The summed E-state index contributed by atoms with van der Waals surface area (Å²) in [4.78, 5) is 17.9. The van der Waals surface area contributed by atoms with E-state index in [1.165, 1.54) is 12.3 Å². The number of carbonyl (C=O) groups is 1. The third-order valence-corrected chi connectivity index (χ3v) is 4.06. The number of pyridine rings is 1. The molecule has 1 saturated heterocycles. The van der Waals surface area contributed by atoms with Crippen LogP contribution in [-0.2, 0) is 11.2 Å². The number of methoxy groups -OCH3 is 1. The first-order chi connectivity index (χ1) is 11.1. The lowest BCUT2D eigenvalue weighted by Crippen LogP contribution is -2.30. The maximum Gasteiger partial charge on any atom is 0.255 e. The highest BCUT2D eigenvalue weighted by atomic mass is 19.1. The zero-order valence-electron chi connectivity index (χ0n) is 13.0. The average Bonchev–Trinajstić information content (AvgIpc) is 3.13. The van der Waals surface area contributed by atoms with Crippen LogP contribution in [0.4, 0.5) is 4.39 Å². The maximum absolute atomic E-state index is 13.2. The van der Waals surface area contributed by atoms with E-state index in [4.69, 9.17) is 9.26 Å². The van der Waals surface area contributed by atoms with E-state index < -0.39 is 5.82 Å². The van der Waals surface area contributed by atoms with E-state index >= 15 is 0 Å². The van der Waals surface area contributed by atoms with Gasteiger partial charge in [-0.05, 0) is 13.0 Å². The fourth-order valence-electron chi connectivity index (χ4n) is 2.95. The Labute approximate surface area is 133 Å². The molecule has 7 heteroatoms. The fraction of sp³-hybridized carbons (Fsp3) is 0.438. The van der Waals surface area contributed by atoms with Crippen molar-refractivity contribution in [3.8, 4) is 0 Å². The average molecular weight is 319 g/mol. The Balaban J connectivity index is 1.72. The summed E-state index contributed by atoms with van der Waals surface area (Å²) in [5.74, 6) is 0.122. The predicted molar refractivity (Wildman–Crippen MR) is 79.3 cm³/mol. The number of rotatable bonds is 4. The zero-order valence-corrected chi connectivity index (χ0v) is 13.0. The molecule has 0 bridgehead atoms. The second kappa shape index (κ2) is 6.45. The van der Waals surface area contributed by atoms with Gasteiger partial charge in [0.05, 0.1) is 23.6 Å². The van der Waals surface area contributed by atoms with Crippen LogP contribution in [-0.4, -0.2) is 47.3 Å². The summed E-state index contributed by atoms with van der Waals surface area (Å²) in [5.41, 5.74) is 1.07. The number of likely N-dealkylation sites (tertiary alicyclic amines) is 1. The van der Waals surface area contributed by atoms with Crippen LogP contribution in [0, 0.1) is 18.7 Å². The van der Waals surface area contributed by atoms with Crippen LogP contribution in [0.25, 0.3) is 0 Å². The molecule has 122 valence electrons. The Hall–Kier alpha value is -2.28. The first-order valence-electron chi connectivity index (χ1n) is 7.41. The summed E-state index contributed by atoms with van der Waals surface area (Å²) in [6, 6.07) is 3.08. The van der Waals surface area contributed by atoms with Gasteiger partial charge in [0.15, 0.2) is 0 Å². The van der Waals surface area contributed by atoms with Gasteiger partial charge >= 0.3 is 0 Å². The highest BCUT2D eigenvalue weighted by Crippen LogP contribution is 2.25. The molecule has 0 unspecified atom stereocenters. The molecule has 0 aliphatic carbocycles. The SMILES string of the molecule is CO[C@H]1CN(C(=O)c2cncc(F)c2)C[C@H]1Cc1cc(C)no1. The number of hydrogen-bond acceptors (Lipinski definition) is 5. The van der Waals surface area contributed by atoms with Crippen molar-refractivity contribution >= 4 is 5.91 Å². The van der Waals surface area contributed by atoms with Crippen molar-refractivity contribution in [2.24, 2.45) is 5.92 Å². The lowest BCUT2D eigenvalue weighted by Gasteiger charge is -2.15. The first-order valence-corrected chi connectivity index (χ1v) is 7.41. The van der Waals surface area contributed by atoms with Crippen molar-refractivity contribution in [3.05, 3.63) is 47.4 Å². The van der Waals surface area contributed by atoms with Crippen molar-refractivity contribution in [1.82, 2.24) is 15.0 Å². The molecule has 0 spiro atoms. The van der Waals surface area contributed by atoms with E-state index in [1.807, 2.05) is 13.0 Å². The number of aromatic nitrogens is 2. The number of aryl methyl sites for hydroxylation is 1. The standard InChI is InChI=1S/C16H18FN3O3/c1-10-3-14(23-19-10)5-12-8-20(9-15(12)22-2)16(21)11-4-13(17)7-18-6-11/h3-4,6-7,12,15H,5,8-9H2,1-2H3/t12-,15+/m1/s1. The minimum Gasteiger partial charge on any atom is -0.379 e. The molecule has 2 aromatic rings. The van der Waals surface area contributed by atoms with Crippen molar-refractivity contribution in [2.75, 3.05) is 20.2 Å². The Morgan fingerprint density at radius 1 is 1.43 bits per heavy atom. The highest BCUT2D eigenvalue weighted by Gasteiger charge is 2.36. The van der Waals surface area contributed by atoms with Crippen LogP contribution in [0.15, 0.2) is 29.0 Å². The lowest BCUT2D eigenvalue weighted by molar-refractivity contribution is 0.0672. The van der Waals surface area contributed by atoms with Gasteiger partial charge in [0.1, 0.15) is 11.6 Å². The quantitative estimate of drug-likeness (QED) is 0.860. The van der Waals surface area contributed by atoms with E-state index in [-0.39, 0.29) is 23.5 Å². The number of hydrogen-bond donors (Lipinski definition) is 0. The molecule has 6 nitrogen and oxygen atoms in total. The Morgan fingerprint density at radius 2 is 2.26 bits per heavy atom. The molecule has 1 amide bonds. The van der Waals surface area contributed by atoms with Gasteiger partial charge < -0.3 is 14.2 Å². The molecule has 3 rings (SSSR count). The number of halogens is 1. The van der Waals surface area contributed by atoms with E-state index in [1.54, 1.807) is 12.0 Å². The fourth-order valence-corrected chi connectivity index (χ4v) is 2.95. The van der Waals surface area contributed by atoms with Gasteiger partial charge in [-0.2, -0.15) is 0 Å². The predicted octanol–water partition coefficient (Wildman–Crippen LogP) is 1.85. The minimum atomic E-state index is -0.521. The number of amides is 1. The molecule has 2 aromatic heterocycles. The summed E-state index contributed by atoms with van der Waals surface area (Å²) in [5, 5.41) is 3.87. The Kier molecular flexibility index (Phi) is 4.38. The molecule has 0 aromatic carbocycles. The molecular weight excluding hydrogens is 301 g/mol. The van der Waals surface area contributed by atoms with Crippen LogP contribution in [0.3, 0.4) is 0 Å². The molecule has 2 atom stereocenters. The summed E-state index contributed by atoms with van der Waals surface area (Å²) in [6.07, 6.45) is 3.00. The van der Waals surface area contributed by atoms with Crippen LogP contribution in [0.5, 0.6) is 0 Å². The Morgan fingerprint density at radius 3 is 2.91 bits per heavy atom. The summed E-state index contributed by atoms with van der Waals surface area (Å²) >= 11 is 0. The third-order valence-electron chi connectivity index (χ3n) is 4.06. The second-order valence-corrected chi connectivity index (χ2v) is 5.77. The number of ether oxygens (including phenoxy) is 1. The van der Waals surface area contributed by atoms with Crippen LogP contribution in [0.2, 0.25) is 0 Å². The van der Waals surface area contributed by atoms with E-state index in [0.717, 1.165) is 17.7 Å². The minimum absolute atomic E-state index is 0.0918. The van der Waals surface area contributed by atoms with Gasteiger partial charge in [-0.25, -0.2) is 4.39 Å². The summed E-state index contributed by atoms with van der Waals surface area (Å²) in [7, 11) is 1.63. The van der Waals surface area contributed by atoms with E-state index in [9.17, 15) is 9.18 Å². The molecule has 1 fully saturated rings. The highest BCUT2D eigenvalue weighted by molar-refractivity contribution is 5.94. The molecule has 1 aliphatic heterocycles. The van der Waals surface area contributed by atoms with Gasteiger partial charge in [0.2, 0.25) is 0 Å². The topological polar surface area (TPSA) is 68.5 Å². The van der Waals surface area contributed by atoms with Gasteiger partial charge in [-0.3, -0.25) is 9.78 Å². The Bertz CT molecular complexity index is 703. The molecule has 1 aliphatic rings. The number of carbonyl (C=O) groups excluding carboxylic acids is 1. The van der Waals surface area contributed by atoms with Crippen molar-refractivity contribution in [3.63, 3.8) is 0 Å². The molecular formula is C16H18FN3O3. The van der Waals surface area contributed by atoms with Crippen LogP contribution < -0.4 is 0 Å². The third kappa shape index (κ3) is 3.39. The lowest BCUT2D eigenvalue weighted by atomic mass is 10.0. The monoisotopic (exact) mass is 319 g/mol. The van der Waals surface area contributed by atoms with Crippen molar-refractivity contribution < 1.29 is 18.4 Å². The van der Waals surface area contributed by atoms with Gasteiger partial charge in [-0.1, -0.05) is 5.16 Å². The summed E-state index contributed by atoms with van der Waals surface area (Å²) in [6.45, 7) is 2.85.